The van der Waals surface area contributed by atoms with Crippen molar-refractivity contribution in [1.82, 2.24) is 9.78 Å². The summed E-state index contributed by atoms with van der Waals surface area (Å²) in [5.41, 5.74) is 2.30. The molecule has 6 heteroatoms. The molecule has 1 amide bonds. The second-order valence-corrected chi connectivity index (χ2v) is 6.17. The predicted octanol–water partition coefficient (Wildman–Crippen LogP) is 3.32. The van der Waals surface area contributed by atoms with Crippen LogP contribution in [0.5, 0.6) is 5.75 Å². The van der Waals surface area contributed by atoms with Gasteiger partial charge in [-0.1, -0.05) is 30.3 Å². The number of carbonyl (C=O) groups excluding carboxylic acids is 2. The van der Waals surface area contributed by atoms with Crippen LogP contribution in [0.3, 0.4) is 0 Å². The van der Waals surface area contributed by atoms with Gasteiger partial charge in [-0.05, 0) is 30.7 Å². The first kappa shape index (κ1) is 18.4. The summed E-state index contributed by atoms with van der Waals surface area (Å²) in [5, 5.41) is 7.16. The van der Waals surface area contributed by atoms with E-state index >= 15 is 0 Å². The number of anilines is 1. The number of carbonyl (C=O) groups is 2. The lowest BCUT2D eigenvalue weighted by Crippen LogP contribution is -2.18. The van der Waals surface area contributed by atoms with Gasteiger partial charge in [-0.15, -0.1) is 0 Å². The van der Waals surface area contributed by atoms with Crippen LogP contribution in [-0.4, -0.2) is 28.6 Å². The average molecular weight is 363 g/mol. The second kappa shape index (κ2) is 8.31. The van der Waals surface area contributed by atoms with Gasteiger partial charge in [0.1, 0.15) is 11.6 Å². The fraction of sp³-hybridized carbons (Fsp3) is 0.190. The van der Waals surface area contributed by atoms with Crippen LogP contribution in [0.4, 0.5) is 5.82 Å². The number of Topliss-reactive ketones (excluding diaryl/α,β-unsaturated/α-hetero) is 1. The molecule has 0 saturated carbocycles. The van der Waals surface area contributed by atoms with Crippen molar-refractivity contribution in [2.45, 2.75) is 19.9 Å². The standard InChI is InChI=1S/C21H21N3O3/c1-15(25)17-8-9-19(27-2)18(12-17)13-21(26)23-20-10-11-22-24(20)14-16-6-4-3-5-7-16/h3-12H,13-14H2,1-2H3,(H,23,26). The Morgan fingerprint density at radius 1 is 1.11 bits per heavy atom. The molecule has 27 heavy (non-hydrogen) atoms. The minimum Gasteiger partial charge on any atom is -0.496 e. The van der Waals surface area contributed by atoms with E-state index in [4.69, 9.17) is 4.74 Å². The van der Waals surface area contributed by atoms with Crippen LogP contribution in [-0.2, 0) is 17.8 Å². The normalized spacial score (nSPS) is 10.4. The van der Waals surface area contributed by atoms with Crippen LogP contribution in [0, 0.1) is 0 Å². The molecule has 6 nitrogen and oxygen atoms in total. The molecule has 0 aliphatic heterocycles. The predicted molar refractivity (Wildman–Crippen MR) is 103 cm³/mol. The zero-order chi connectivity index (χ0) is 19.2. The SMILES string of the molecule is COc1ccc(C(C)=O)cc1CC(=O)Nc1ccnn1Cc1ccccc1. The molecule has 3 aromatic rings. The highest BCUT2D eigenvalue weighted by Crippen LogP contribution is 2.21. The Labute approximate surface area is 157 Å². The molecular formula is C21H21N3O3. The lowest BCUT2D eigenvalue weighted by Gasteiger charge is -2.12. The van der Waals surface area contributed by atoms with Crippen molar-refractivity contribution in [2.75, 3.05) is 12.4 Å². The third-order valence-electron chi connectivity index (χ3n) is 4.20. The van der Waals surface area contributed by atoms with Gasteiger partial charge in [0.05, 0.1) is 26.3 Å². The third-order valence-corrected chi connectivity index (χ3v) is 4.20. The molecule has 1 heterocycles. The van der Waals surface area contributed by atoms with Crippen molar-refractivity contribution in [2.24, 2.45) is 0 Å². The van der Waals surface area contributed by atoms with E-state index in [-0.39, 0.29) is 18.1 Å². The molecule has 1 N–H and O–H groups in total. The smallest absolute Gasteiger partial charge is 0.230 e. The van der Waals surface area contributed by atoms with Gasteiger partial charge in [-0.3, -0.25) is 9.59 Å². The number of methoxy groups -OCH3 is 1. The summed E-state index contributed by atoms with van der Waals surface area (Å²) >= 11 is 0. The maximum absolute atomic E-state index is 12.5. The van der Waals surface area contributed by atoms with E-state index in [1.165, 1.54) is 6.92 Å². The van der Waals surface area contributed by atoms with Crippen LogP contribution < -0.4 is 10.1 Å². The van der Waals surface area contributed by atoms with E-state index in [9.17, 15) is 9.59 Å². The summed E-state index contributed by atoms with van der Waals surface area (Å²) < 4.78 is 7.04. The molecule has 2 aromatic carbocycles. The summed E-state index contributed by atoms with van der Waals surface area (Å²) in [6, 6.07) is 16.7. The number of rotatable bonds is 7. The highest BCUT2D eigenvalue weighted by molar-refractivity contribution is 5.96. The van der Waals surface area contributed by atoms with Crippen molar-refractivity contribution in [3.05, 3.63) is 77.5 Å². The Morgan fingerprint density at radius 2 is 1.89 bits per heavy atom. The summed E-state index contributed by atoms with van der Waals surface area (Å²) in [7, 11) is 1.54. The van der Waals surface area contributed by atoms with Gasteiger partial charge in [0.15, 0.2) is 5.78 Å². The van der Waals surface area contributed by atoms with Crippen LogP contribution in [0.25, 0.3) is 0 Å². The van der Waals surface area contributed by atoms with E-state index in [2.05, 4.69) is 10.4 Å². The topological polar surface area (TPSA) is 73.2 Å². The van der Waals surface area contributed by atoms with E-state index in [1.807, 2.05) is 30.3 Å². The van der Waals surface area contributed by atoms with Crippen molar-refractivity contribution < 1.29 is 14.3 Å². The number of aromatic nitrogens is 2. The van der Waals surface area contributed by atoms with Gasteiger partial charge in [0.25, 0.3) is 0 Å². The van der Waals surface area contributed by atoms with Crippen LogP contribution in [0.1, 0.15) is 28.4 Å². The molecule has 138 valence electrons. The van der Waals surface area contributed by atoms with Crippen LogP contribution in [0.15, 0.2) is 60.8 Å². The second-order valence-electron chi connectivity index (χ2n) is 6.17. The summed E-state index contributed by atoms with van der Waals surface area (Å²) in [4.78, 5) is 24.1. The highest BCUT2D eigenvalue weighted by atomic mass is 16.5. The number of hydrogen-bond donors (Lipinski definition) is 1. The molecule has 0 bridgehead atoms. The molecule has 0 saturated heterocycles. The van der Waals surface area contributed by atoms with Gasteiger partial charge in [-0.25, -0.2) is 4.68 Å². The first-order chi connectivity index (χ1) is 13.1. The number of benzene rings is 2. The Kier molecular flexibility index (Phi) is 5.66. The van der Waals surface area contributed by atoms with E-state index in [1.54, 1.807) is 42.3 Å². The average Bonchev–Trinajstić information content (AvgIpc) is 3.09. The van der Waals surface area contributed by atoms with Gasteiger partial charge >= 0.3 is 0 Å². The minimum absolute atomic E-state index is 0.0553. The molecule has 0 radical (unpaired) electrons. The quantitative estimate of drug-likeness (QED) is 0.654. The zero-order valence-electron chi connectivity index (χ0n) is 15.3. The first-order valence-electron chi connectivity index (χ1n) is 8.60. The number of nitrogens with zero attached hydrogens (tertiary/aromatic N) is 2. The summed E-state index contributed by atoms with van der Waals surface area (Å²) in [5.74, 6) is 0.933. The molecule has 0 aliphatic rings. The van der Waals surface area contributed by atoms with Gasteiger partial charge in [0.2, 0.25) is 5.91 Å². The van der Waals surface area contributed by atoms with E-state index in [0.29, 0.717) is 29.2 Å². The van der Waals surface area contributed by atoms with Crippen LogP contribution >= 0.6 is 0 Å². The molecule has 0 unspecified atom stereocenters. The van der Waals surface area contributed by atoms with Gasteiger partial charge in [0, 0.05) is 17.2 Å². The fourth-order valence-electron chi connectivity index (χ4n) is 2.82. The van der Waals surface area contributed by atoms with E-state index < -0.39 is 0 Å². The molecule has 0 atom stereocenters. The number of amides is 1. The minimum atomic E-state index is -0.205. The molecule has 0 aliphatic carbocycles. The Morgan fingerprint density at radius 3 is 2.59 bits per heavy atom. The van der Waals surface area contributed by atoms with Gasteiger partial charge in [-0.2, -0.15) is 5.10 Å². The molecule has 0 fully saturated rings. The van der Waals surface area contributed by atoms with Crippen molar-refractivity contribution in [3.63, 3.8) is 0 Å². The number of nitrogens with one attached hydrogen (secondary N) is 1. The van der Waals surface area contributed by atoms with E-state index in [0.717, 1.165) is 5.56 Å². The summed E-state index contributed by atoms with van der Waals surface area (Å²) in [6.07, 6.45) is 1.75. The molecular weight excluding hydrogens is 342 g/mol. The fourth-order valence-corrected chi connectivity index (χ4v) is 2.82. The molecule has 3 rings (SSSR count). The highest BCUT2D eigenvalue weighted by Gasteiger charge is 2.13. The maximum atomic E-state index is 12.5. The Balaban J connectivity index is 1.73. The third kappa shape index (κ3) is 4.61. The zero-order valence-corrected chi connectivity index (χ0v) is 15.3. The lowest BCUT2D eigenvalue weighted by molar-refractivity contribution is -0.115. The van der Waals surface area contributed by atoms with Crippen molar-refractivity contribution in [1.29, 1.82) is 0 Å². The number of hydrogen-bond acceptors (Lipinski definition) is 4. The number of ether oxygens (including phenoxy) is 1. The monoisotopic (exact) mass is 363 g/mol. The Bertz CT molecular complexity index is 948. The van der Waals surface area contributed by atoms with Crippen molar-refractivity contribution >= 4 is 17.5 Å². The van der Waals surface area contributed by atoms with Gasteiger partial charge < -0.3 is 10.1 Å². The Hall–Kier alpha value is -3.41. The maximum Gasteiger partial charge on any atom is 0.230 e. The first-order valence-corrected chi connectivity index (χ1v) is 8.60. The lowest BCUT2D eigenvalue weighted by atomic mass is 10.0. The molecule has 1 aromatic heterocycles. The van der Waals surface area contributed by atoms with Crippen LogP contribution in [0.2, 0.25) is 0 Å². The molecule has 0 spiro atoms. The number of ketones is 1. The van der Waals surface area contributed by atoms with Crippen molar-refractivity contribution in [3.8, 4) is 5.75 Å². The largest absolute Gasteiger partial charge is 0.496 e. The summed E-state index contributed by atoms with van der Waals surface area (Å²) in [6.45, 7) is 2.06.